The highest BCUT2D eigenvalue weighted by atomic mass is 32.2. The van der Waals surface area contributed by atoms with Gasteiger partial charge >= 0.3 is 5.97 Å². The maximum atomic E-state index is 12.5. The van der Waals surface area contributed by atoms with Crippen LogP contribution in [-0.4, -0.2) is 56.8 Å². The lowest BCUT2D eigenvalue weighted by Crippen LogP contribution is -2.52. The van der Waals surface area contributed by atoms with Crippen molar-refractivity contribution in [1.29, 1.82) is 0 Å². The molecule has 0 aromatic heterocycles. The molecule has 2 atom stereocenters. The van der Waals surface area contributed by atoms with Gasteiger partial charge in [-0.1, -0.05) is 12.8 Å². The average Bonchev–Trinajstić information content (AvgIpc) is 2.98. The van der Waals surface area contributed by atoms with Crippen LogP contribution in [0.2, 0.25) is 0 Å². The number of likely N-dealkylation sites (tertiary alicyclic amines) is 1. The summed E-state index contributed by atoms with van der Waals surface area (Å²) in [5.41, 5.74) is 0. The van der Waals surface area contributed by atoms with Crippen molar-refractivity contribution in [3.05, 3.63) is 0 Å². The van der Waals surface area contributed by atoms with Gasteiger partial charge < -0.3 is 4.74 Å². The Hall–Kier alpha value is -0.660. The van der Waals surface area contributed by atoms with Crippen LogP contribution in [0.15, 0.2) is 0 Å². The fourth-order valence-corrected chi connectivity index (χ4v) is 5.02. The smallest absolute Gasteiger partial charge is 0.322 e. The second kappa shape index (κ2) is 7.07. The van der Waals surface area contributed by atoms with Gasteiger partial charge in [-0.3, -0.25) is 9.69 Å². The van der Waals surface area contributed by atoms with Crippen molar-refractivity contribution in [2.45, 2.75) is 62.8 Å². The van der Waals surface area contributed by atoms with Crippen LogP contribution >= 0.6 is 0 Å². The molecule has 2 rings (SSSR count). The van der Waals surface area contributed by atoms with Gasteiger partial charge in [0, 0.05) is 12.6 Å². The Bertz CT molecular complexity index is 460. The molecule has 1 saturated carbocycles. The number of hydrogen-bond donors (Lipinski definition) is 1. The SMILES string of the molecule is COC(=O)C(C)N1CCCC(S(=O)(=O)NC2CCCC2)C1. The zero-order valence-corrected chi connectivity index (χ0v) is 13.7. The normalized spacial score (nSPS) is 26.7. The number of nitrogens with zero attached hydrogens (tertiary/aromatic N) is 1. The summed E-state index contributed by atoms with van der Waals surface area (Å²) in [6, 6.07) is -0.289. The van der Waals surface area contributed by atoms with Gasteiger partial charge in [-0.25, -0.2) is 13.1 Å². The summed E-state index contributed by atoms with van der Waals surface area (Å²) in [6.07, 6.45) is 5.53. The molecule has 0 radical (unpaired) electrons. The summed E-state index contributed by atoms with van der Waals surface area (Å²) in [5, 5.41) is -0.432. The molecule has 0 aromatic carbocycles. The van der Waals surface area contributed by atoms with E-state index in [4.69, 9.17) is 4.74 Å². The van der Waals surface area contributed by atoms with Crippen LogP contribution < -0.4 is 4.72 Å². The first-order chi connectivity index (χ1) is 9.94. The van der Waals surface area contributed by atoms with Crippen molar-refractivity contribution in [3.8, 4) is 0 Å². The van der Waals surface area contributed by atoms with E-state index in [0.29, 0.717) is 13.0 Å². The predicted octanol–water partition coefficient (Wildman–Crippen LogP) is 0.874. The predicted molar refractivity (Wildman–Crippen MR) is 80.4 cm³/mol. The summed E-state index contributed by atoms with van der Waals surface area (Å²) in [7, 11) is -1.95. The number of rotatable bonds is 5. The molecule has 1 N–H and O–H groups in total. The van der Waals surface area contributed by atoms with Crippen molar-refractivity contribution in [2.75, 3.05) is 20.2 Å². The lowest BCUT2D eigenvalue weighted by molar-refractivity contribution is -0.146. The second-order valence-electron chi connectivity index (χ2n) is 6.10. The minimum Gasteiger partial charge on any atom is -0.468 e. The third-order valence-electron chi connectivity index (χ3n) is 4.62. The van der Waals surface area contributed by atoms with Gasteiger partial charge in [-0.2, -0.15) is 0 Å². The molecular formula is C14H26N2O4S. The van der Waals surface area contributed by atoms with Crippen LogP contribution in [0, 0.1) is 0 Å². The number of sulfonamides is 1. The van der Waals surface area contributed by atoms with Crippen molar-refractivity contribution < 1.29 is 17.9 Å². The molecule has 1 saturated heterocycles. The van der Waals surface area contributed by atoms with E-state index in [1.807, 2.05) is 4.90 Å². The fourth-order valence-electron chi connectivity index (χ4n) is 3.26. The van der Waals surface area contributed by atoms with Gasteiger partial charge in [0.1, 0.15) is 6.04 Å². The lowest BCUT2D eigenvalue weighted by atomic mass is 10.1. The number of piperidine rings is 1. The maximum Gasteiger partial charge on any atom is 0.322 e. The number of ether oxygens (including phenoxy) is 1. The van der Waals surface area contributed by atoms with Gasteiger partial charge in [0.25, 0.3) is 0 Å². The highest BCUT2D eigenvalue weighted by molar-refractivity contribution is 7.90. The van der Waals surface area contributed by atoms with E-state index in [9.17, 15) is 13.2 Å². The lowest BCUT2D eigenvalue weighted by Gasteiger charge is -2.35. The Morgan fingerprint density at radius 1 is 1.24 bits per heavy atom. The zero-order valence-electron chi connectivity index (χ0n) is 12.9. The molecule has 2 fully saturated rings. The van der Waals surface area contributed by atoms with Gasteiger partial charge in [0.15, 0.2) is 0 Å². The van der Waals surface area contributed by atoms with Crippen molar-refractivity contribution in [3.63, 3.8) is 0 Å². The Kier molecular flexibility index (Phi) is 5.62. The van der Waals surface area contributed by atoms with Gasteiger partial charge in [-0.05, 0) is 39.2 Å². The Labute approximate surface area is 127 Å². The van der Waals surface area contributed by atoms with Crippen LogP contribution in [0.3, 0.4) is 0 Å². The monoisotopic (exact) mass is 318 g/mol. The number of carbonyl (C=O) groups excluding carboxylic acids is 1. The van der Waals surface area contributed by atoms with E-state index in [-0.39, 0.29) is 18.1 Å². The minimum absolute atomic E-state index is 0.100. The molecule has 2 unspecified atom stereocenters. The summed E-state index contributed by atoms with van der Waals surface area (Å²) < 4.78 is 32.6. The molecule has 122 valence electrons. The van der Waals surface area contributed by atoms with Crippen LogP contribution in [0.25, 0.3) is 0 Å². The van der Waals surface area contributed by atoms with Crippen molar-refractivity contribution in [1.82, 2.24) is 9.62 Å². The largest absolute Gasteiger partial charge is 0.468 e. The Balaban J connectivity index is 1.97. The summed E-state index contributed by atoms with van der Waals surface area (Å²) >= 11 is 0. The molecule has 0 bridgehead atoms. The van der Waals surface area contributed by atoms with Crippen LogP contribution in [-0.2, 0) is 19.6 Å². The van der Waals surface area contributed by atoms with Crippen LogP contribution in [0.1, 0.15) is 45.4 Å². The molecule has 21 heavy (non-hydrogen) atoms. The van der Waals surface area contributed by atoms with Crippen LogP contribution in [0.5, 0.6) is 0 Å². The number of esters is 1. The zero-order chi connectivity index (χ0) is 15.5. The van der Waals surface area contributed by atoms with E-state index in [1.54, 1.807) is 6.92 Å². The van der Waals surface area contributed by atoms with E-state index >= 15 is 0 Å². The molecule has 2 aliphatic rings. The maximum absolute atomic E-state index is 12.5. The molecular weight excluding hydrogens is 292 g/mol. The fraction of sp³-hybridized carbons (Fsp3) is 0.929. The van der Waals surface area contributed by atoms with Gasteiger partial charge in [-0.15, -0.1) is 0 Å². The quantitative estimate of drug-likeness (QED) is 0.761. The second-order valence-corrected chi connectivity index (χ2v) is 8.09. The third-order valence-corrected chi connectivity index (χ3v) is 6.55. The van der Waals surface area contributed by atoms with Crippen LogP contribution in [0.4, 0.5) is 0 Å². The summed E-state index contributed by atoms with van der Waals surface area (Å²) in [4.78, 5) is 13.5. The first kappa shape index (κ1) is 16.7. The molecule has 1 aliphatic heterocycles. The number of carbonyl (C=O) groups is 1. The molecule has 1 aliphatic carbocycles. The number of methoxy groups -OCH3 is 1. The molecule has 0 amide bonds. The minimum atomic E-state index is -3.31. The molecule has 0 aromatic rings. The summed E-state index contributed by atoms with van der Waals surface area (Å²) in [6.45, 7) is 2.91. The highest BCUT2D eigenvalue weighted by Crippen LogP contribution is 2.23. The molecule has 7 heteroatoms. The topological polar surface area (TPSA) is 75.7 Å². The number of nitrogens with one attached hydrogen (secondary N) is 1. The van der Waals surface area contributed by atoms with E-state index in [0.717, 1.165) is 38.6 Å². The van der Waals surface area contributed by atoms with E-state index < -0.39 is 15.3 Å². The first-order valence-corrected chi connectivity index (χ1v) is 9.31. The van der Waals surface area contributed by atoms with Crippen molar-refractivity contribution >= 4 is 16.0 Å². The Morgan fingerprint density at radius 3 is 2.52 bits per heavy atom. The van der Waals surface area contributed by atoms with Gasteiger partial charge in [0.05, 0.1) is 12.4 Å². The van der Waals surface area contributed by atoms with E-state index in [2.05, 4.69) is 4.72 Å². The molecule has 6 nitrogen and oxygen atoms in total. The Morgan fingerprint density at radius 2 is 1.90 bits per heavy atom. The van der Waals surface area contributed by atoms with Crippen molar-refractivity contribution in [2.24, 2.45) is 0 Å². The number of hydrogen-bond acceptors (Lipinski definition) is 5. The standard InChI is InChI=1S/C14H26N2O4S/c1-11(14(17)20-2)16-9-5-8-13(10-16)21(18,19)15-12-6-3-4-7-12/h11-13,15H,3-10H2,1-2H3. The van der Waals surface area contributed by atoms with E-state index in [1.165, 1.54) is 7.11 Å². The molecule has 0 spiro atoms. The molecule has 1 heterocycles. The average molecular weight is 318 g/mol. The highest BCUT2D eigenvalue weighted by Gasteiger charge is 2.35. The summed E-state index contributed by atoms with van der Waals surface area (Å²) in [5.74, 6) is -0.309. The first-order valence-electron chi connectivity index (χ1n) is 7.77. The third kappa shape index (κ3) is 4.17. The van der Waals surface area contributed by atoms with Gasteiger partial charge in [0.2, 0.25) is 10.0 Å².